The third-order valence-electron chi connectivity index (χ3n) is 3.85. The number of ether oxygens (including phenoxy) is 4. The molecule has 0 N–H and O–H groups in total. The van der Waals surface area contributed by atoms with E-state index < -0.39 is 11.2 Å². The molecule has 0 radical (unpaired) electrons. The van der Waals surface area contributed by atoms with Crippen molar-refractivity contribution in [1.29, 1.82) is 0 Å². The van der Waals surface area contributed by atoms with Gasteiger partial charge in [-0.05, 0) is 12.1 Å². The van der Waals surface area contributed by atoms with Gasteiger partial charge in [-0.15, -0.1) is 0 Å². The van der Waals surface area contributed by atoms with E-state index in [0.29, 0.717) is 39.7 Å². The number of para-hydroxylation sites is 1. The minimum absolute atomic E-state index is 0.345. The summed E-state index contributed by atoms with van der Waals surface area (Å²) >= 11 is 0. The Bertz CT molecular complexity index is 818. The van der Waals surface area contributed by atoms with E-state index in [1.54, 1.807) is 30.3 Å². The maximum Gasteiger partial charge on any atom is 0.351 e. The Kier molecular flexibility index (Phi) is 6.06. The number of hydrogen-bond donors (Lipinski definition) is 0. The molecule has 26 heavy (non-hydrogen) atoms. The quantitative estimate of drug-likeness (QED) is 0.402. The number of nitro groups is 1. The first-order chi connectivity index (χ1) is 12.5. The Morgan fingerprint density at radius 1 is 1.00 bits per heavy atom. The fourth-order valence-corrected chi connectivity index (χ4v) is 2.59. The Labute approximate surface area is 151 Å². The molecule has 0 saturated carbocycles. The molecule has 7 nitrogen and oxygen atoms in total. The predicted molar refractivity (Wildman–Crippen MR) is 98.7 cm³/mol. The van der Waals surface area contributed by atoms with Gasteiger partial charge < -0.3 is 18.9 Å². The SMILES string of the molecule is C=Cc1cccc(-c2ccc(OC)c(OC)c2OC)c1OC(C)[N+](=O)[O-]. The van der Waals surface area contributed by atoms with Crippen molar-refractivity contribution in [3.63, 3.8) is 0 Å². The van der Waals surface area contributed by atoms with Gasteiger partial charge in [-0.2, -0.15) is 0 Å². The largest absolute Gasteiger partial charge is 0.493 e. The topological polar surface area (TPSA) is 80.1 Å². The smallest absolute Gasteiger partial charge is 0.351 e. The van der Waals surface area contributed by atoms with E-state index in [4.69, 9.17) is 18.9 Å². The standard InChI is InChI=1S/C19H21NO6/c1-6-13-8-7-9-14(17(13)26-12(2)20(21)22)15-10-11-16(23-3)19(25-5)18(15)24-4/h6-12H,1H2,2-5H3. The second kappa shape index (κ2) is 8.24. The van der Waals surface area contributed by atoms with Gasteiger partial charge in [0.05, 0.1) is 26.3 Å². The van der Waals surface area contributed by atoms with Crippen LogP contribution >= 0.6 is 0 Å². The summed E-state index contributed by atoms with van der Waals surface area (Å²) < 4.78 is 21.9. The molecule has 0 aliphatic carbocycles. The van der Waals surface area contributed by atoms with Crippen LogP contribution in [0.2, 0.25) is 0 Å². The Morgan fingerprint density at radius 3 is 2.19 bits per heavy atom. The first-order valence-electron chi connectivity index (χ1n) is 7.83. The molecular weight excluding hydrogens is 338 g/mol. The lowest BCUT2D eigenvalue weighted by Crippen LogP contribution is -2.22. The van der Waals surface area contributed by atoms with Gasteiger partial charge in [0.15, 0.2) is 11.5 Å². The molecule has 0 fully saturated rings. The monoisotopic (exact) mass is 359 g/mol. The lowest BCUT2D eigenvalue weighted by molar-refractivity contribution is -0.557. The lowest BCUT2D eigenvalue weighted by Gasteiger charge is -2.19. The van der Waals surface area contributed by atoms with Crippen molar-refractivity contribution in [2.75, 3.05) is 21.3 Å². The molecule has 1 atom stereocenters. The maximum atomic E-state index is 11.1. The van der Waals surface area contributed by atoms with Crippen LogP contribution in [0.4, 0.5) is 0 Å². The summed E-state index contributed by atoms with van der Waals surface area (Å²) in [5, 5.41) is 11.1. The molecular formula is C19H21NO6. The fourth-order valence-electron chi connectivity index (χ4n) is 2.59. The van der Waals surface area contributed by atoms with E-state index in [1.165, 1.54) is 28.3 Å². The molecule has 0 saturated heterocycles. The summed E-state index contributed by atoms with van der Waals surface area (Å²) in [6.07, 6.45) is 0.361. The number of hydrogen-bond acceptors (Lipinski definition) is 6. The highest BCUT2D eigenvalue weighted by atomic mass is 16.7. The molecule has 0 heterocycles. The van der Waals surface area contributed by atoms with E-state index in [0.717, 1.165) is 0 Å². The molecule has 2 rings (SSSR count). The normalized spacial score (nSPS) is 11.4. The molecule has 0 amide bonds. The zero-order valence-corrected chi connectivity index (χ0v) is 15.1. The highest BCUT2D eigenvalue weighted by Gasteiger charge is 2.23. The van der Waals surface area contributed by atoms with Crippen molar-refractivity contribution in [3.05, 3.63) is 52.6 Å². The lowest BCUT2D eigenvalue weighted by atomic mass is 9.99. The molecule has 7 heteroatoms. The summed E-state index contributed by atoms with van der Waals surface area (Å²) in [7, 11) is 4.55. The van der Waals surface area contributed by atoms with Crippen molar-refractivity contribution in [2.24, 2.45) is 0 Å². The van der Waals surface area contributed by atoms with Gasteiger partial charge in [0.25, 0.3) is 0 Å². The summed E-state index contributed by atoms with van der Waals surface area (Å²) in [4.78, 5) is 10.5. The van der Waals surface area contributed by atoms with Crippen molar-refractivity contribution >= 4 is 6.08 Å². The van der Waals surface area contributed by atoms with Crippen LogP contribution in [0.25, 0.3) is 17.2 Å². The molecule has 0 aliphatic rings. The molecule has 0 aliphatic heterocycles. The van der Waals surface area contributed by atoms with E-state index >= 15 is 0 Å². The molecule has 2 aromatic rings. The molecule has 2 aromatic carbocycles. The molecule has 0 bridgehead atoms. The summed E-state index contributed by atoms with van der Waals surface area (Å²) in [5.74, 6) is 1.71. The first-order valence-corrected chi connectivity index (χ1v) is 7.83. The Balaban J connectivity index is 2.72. The Morgan fingerprint density at radius 2 is 1.65 bits per heavy atom. The zero-order chi connectivity index (χ0) is 19.3. The third-order valence-corrected chi connectivity index (χ3v) is 3.85. The average molecular weight is 359 g/mol. The third kappa shape index (κ3) is 3.56. The second-order valence-electron chi connectivity index (χ2n) is 5.31. The van der Waals surface area contributed by atoms with Gasteiger partial charge in [-0.3, -0.25) is 10.1 Å². The summed E-state index contributed by atoms with van der Waals surface area (Å²) in [5.41, 5.74) is 1.90. The predicted octanol–water partition coefficient (Wildman–Crippen LogP) is 4.02. The van der Waals surface area contributed by atoms with Crippen LogP contribution in [-0.2, 0) is 0 Å². The van der Waals surface area contributed by atoms with Crippen molar-refractivity contribution in [1.82, 2.24) is 0 Å². The number of rotatable bonds is 8. The number of benzene rings is 2. The fraction of sp³-hybridized carbons (Fsp3) is 0.263. The van der Waals surface area contributed by atoms with E-state index in [2.05, 4.69) is 6.58 Å². The first kappa shape index (κ1) is 19.1. The van der Waals surface area contributed by atoms with E-state index in [-0.39, 0.29) is 0 Å². The molecule has 1 unspecified atom stereocenters. The minimum atomic E-state index is -1.22. The summed E-state index contributed by atoms with van der Waals surface area (Å²) in [6, 6.07) is 8.89. The molecule has 0 aromatic heterocycles. The van der Waals surface area contributed by atoms with Gasteiger partial charge in [0.2, 0.25) is 5.75 Å². The van der Waals surface area contributed by atoms with E-state index in [1.807, 2.05) is 6.07 Å². The van der Waals surface area contributed by atoms with E-state index in [9.17, 15) is 10.1 Å². The highest BCUT2D eigenvalue weighted by Crippen LogP contribution is 2.47. The van der Waals surface area contributed by atoms with Crippen molar-refractivity contribution in [3.8, 4) is 34.1 Å². The van der Waals surface area contributed by atoms with Crippen LogP contribution in [0.3, 0.4) is 0 Å². The van der Waals surface area contributed by atoms with Crippen LogP contribution in [0, 0.1) is 10.1 Å². The Hall–Kier alpha value is -3.22. The van der Waals surface area contributed by atoms with Crippen LogP contribution in [-0.4, -0.2) is 32.5 Å². The van der Waals surface area contributed by atoms with Crippen molar-refractivity contribution < 1.29 is 23.9 Å². The minimum Gasteiger partial charge on any atom is -0.493 e. The van der Waals surface area contributed by atoms with Gasteiger partial charge in [-0.25, -0.2) is 0 Å². The number of methoxy groups -OCH3 is 3. The summed E-state index contributed by atoms with van der Waals surface area (Å²) in [6.45, 7) is 5.13. The molecule has 0 spiro atoms. The zero-order valence-electron chi connectivity index (χ0n) is 15.1. The van der Waals surface area contributed by atoms with Crippen LogP contribution in [0.15, 0.2) is 36.9 Å². The second-order valence-corrected chi connectivity index (χ2v) is 5.31. The average Bonchev–Trinajstić information content (AvgIpc) is 2.66. The van der Waals surface area contributed by atoms with Gasteiger partial charge in [0, 0.05) is 23.6 Å². The maximum absolute atomic E-state index is 11.1. The number of nitrogens with zero attached hydrogens (tertiary/aromatic N) is 1. The van der Waals surface area contributed by atoms with Gasteiger partial charge in [0.1, 0.15) is 5.75 Å². The van der Waals surface area contributed by atoms with Crippen LogP contribution < -0.4 is 18.9 Å². The molecule has 138 valence electrons. The van der Waals surface area contributed by atoms with Gasteiger partial charge in [-0.1, -0.05) is 30.9 Å². The van der Waals surface area contributed by atoms with Gasteiger partial charge >= 0.3 is 6.23 Å². The van der Waals surface area contributed by atoms with Crippen LogP contribution in [0.5, 0.6) is 23.0 Å². The highest BCUT2D eigenvalue weighted by molar-refractivity contribution is 5.83. The van der Waals surface area contributed by atoms with Crippen LogP contribution in [0.1, 0.15) is 12.5 Å². The van der Waals surface area contributed by atoms with Crippen molar-refractivity contribution in [2.45, 2.75) is 13.2 Å².